The summed E-state index contributed by atoms with van der Waals surface area (Å²) in [5.41, 5.74) is 0.960. The van der Waals surface area contributed by atoms with Gasteiger partial charge in [-0.3, -0.25) is 4.90 Å². The summed E-state index contributed by atoms with van der Waals surface area (Å²) >= 11 is 0. The smallest absolute Gasteiger partial charge is 0.227 e. The van der Waals surface area contributed by atoms with Crippen molar-refractivity contribution in [1.82, 2.24) is 14.5 Å². The number of aliphatic hydroxyl groups is 1. The summed E-state index contributed by atoms with van der Waals surface area (Å²) in [5, 5.41) is 9.55. The number of aliphatic hydroxyl groups excluding tert-OH is 1. The van der Waals surface area contributed by atoms with Crippen LogP contribution in [0.1, 0.15) is 44.2 Å². The number of rotatable bonds is 8. The highest BCUT2D eigenvalue weighted by atomic mass is 32.2. The predicted molar refractivity (Wildman–Crippen MR) is 101 cm³/mol. The molecule has 27 heavy (non-hydrogen) atoms. The Morgan fingerprint density at radius 2 is 1.93 bits per heavy atom. The van der Waals surface area contributed by atoms with Crippen LogP contribution in [0.25, 0.3) is 0 Å². The van der Waals surface area contributed by atoms with Crippen LogP contribution in [0.5, 0.6) is 0 Å². The molecule has 0 aromatic carbocycles. The van der Waals surface area contributed by atoms with Gasteiger partial charge in [-0.2, -0.15) is 0 Å². The van der Waals surface area contributed by atoms with Crippen LogP contribution in [-0.4, -0.2) is 66.1 Å². The summed E-state index contributed by atoms with van der Waals surface area (Å²) < 4.78 is 33.5. The normalized spacial score (nSPS) is 25.3. The predicted octanol–water partition coefficient (Wildman–Crippen LogP) is 1.45. The lowest BCUT2D eigenvalue weighted by molar-refractivity contribution is 0.0916. The van der Waals surface area contributed by atoms with Crippen LogP contribution in [-0.2, 0) is 27.7 Å². The lowest BCUT2D eigenvalue weighted by atomic mass is 9.98. The van der Waals surface area contributed by atoms with Gasteiger partial charge in [0.05, 0.1) is 30.3 Å². The molecule has 1 aliphatic carbocycles. The fourth-order valence-electron chi connectivity index (χ4n) is 4.18. The molecule has 0 spiro atoms. The number of nitrogens with zero attached hydrogens (tertiary/aromatic N) is 3. The van der Waals surface area contributed by atoms with E-state index in [4.69, 9.17) is 4.74 Å². The van der Waals surface area contributed by atoms with E-state index < -0.39 is 9.84 Å². The second-order valence-electron chi connectivity index (χ2n) is 8.40. The average Bonchev–Trinajstić information content (AvgIpc) is 3.15. The van der Waals surface area contributed by atoms with Crippen molar-refractivity contribution in [3.8, 4) is 0 Å². The number of hydrogen-bond acceptors (Lipinski definition) is 6. The highest BCUT2D eigenvalue weighted by Gasteiger charge is 2.33. The molecule has 1 aromatic heterocycles. The number of sulfone groups is 1. The number of hydrogen-bond donors (Lipinski definition) is 1. The van der Waals surface area contributed by atoms with Gasteiger partial charge in [-0.15, -0.1) is 0 Å². The second-order valence-corrected chi connectivity index (χ2v) is 10.3. The van der Waals surface area contributed by atoms with Gasteiger partial charge in [0.1, 0.15) is 0 Å². The first-order chi connectivity index (χ1) is 13.0. The first-order valence-corrected chi connectivity index (χ1v) is 11.9. The molecular weight excluding hydrogens is 366 g/mol. The summed E-state index contributed by atoms with van der Waals surface area (Å²) in [6.07, 6.45) is 7.83. The molecule has 3 aliphatic rings. The quantitative estimate of drug-likeness (QED) is 0.715. The van der Waals surface area contributed by atoms with E-state index in [0.29, 0.717) is 24.9 Å². The fourth-order valence-corrected chi connectivity index (χ4v) is 6.02. The van der Waals surface area contributed by atoms with Crippen molar-refractivity contribution in [1.29, 1.82) is 0 Å². The molecule has 0 amide bonds. The van der Waals surface area contributed by atoms with Crippen molar-refractivity contribution in [2.24, 2.45) is 11.8 Å². The van der Waals surface area contributed by atoms with Crippen LogP contribution in [0.15, 0.2) is 11.4 Å². The minimum absolute atomic E-state index is 0.0768. The number of imidazole rings is 1. The van der Waals surface area contributed by atoms with Gasteiger partial charge in [0, 0.05) is 19.8 Å². The highest BCUT2D eigenvalue weighted by molar-refractivity contribution is 7.91. The SMILES string of the molecule is O=S(=O)(CC1CC1)c1ncc(CN2CCC(CO)CC2)n1CC1CCCO1. The molecule has 152 valence electrons. The maximum absolute atomic E-state index is 12.9. The maximum atomic E-state index is 12.9. The number of piperidine rings is 1. The zero-order valence-corrected chi connectivity index (χ0v) is 16.7. The standard InChI is InChI=1S/C19H31N3O4S/c23-13-15-5-7-21(8-6-15)11-17-10-20-19(27(24,25)14-16-3-4-16)22(17)12-18-2-1-9-26-18/h10,15-16,18,23H,1-9,11-14H2. The monoisotopic (exact) mass is 397 g/mol. The third-order valence-corrected chi connectivity index (χ3v) is 7.89. The van der Waals surface area contributed by atoms with Crippen LogP contribution in [0.2, 0.25) is 0 Å². The lowest BCUT2D eigenvalue weighted by Gasteiger charge is -2.31. The van der Waals surface area contributed by atoms with Gasteiger partial charge >= 0.3 is 0 Å². The van der Waals surface area contributed by atoms with Gasteiger partial charge in [-0.25, -0.2) is 13.4 Å². The zero-order valence-electron chi connectivity index (χ0n) is 15.9. The van der Waals surface area contributed by atoms with Crippen molar-refractivity contribution in [2.45, 2.75) is 62.9 Å². The Hall–Kier alpha value is -0.960. The molecule has 0 bridgehead atoms. The van der Waals surface area contributed by atoms with Crippen molar-refractivity contribution in [2.75, 3.05) is 32.1 Å². The molecule has 1 aromatic rings. The number of aromatic nitrogens is 2. The Kier molecular flexibility index (Phi) is 5.87. The molecule has 8 heteroatoms. The molecule has 4 rings (SSSR count). The Morgan fingerprint density at radius 3 is 2.56 bits per heavy atom. The van der Waals surface area contributed by atoms with Gasteiger partial charge in [0.15, 0.2) is 0 Å². The Balaban J connectivity index is 1.53. The number of likely N-dealkylation sites (tertiary alicyclic amines) is 1. The third-order valence-electron chi connectivity index (χ3n) is 6.09. The molecule has 1 N–H and O–H groups in total. The zero-order chi connectivity index (χ0) is 18.9. The van der Waals surface area contributed by atoms with Crippen molar-refractivity contribution in [3.05, 3.63) is 11.9 Å². The molecule has 3 fully saturated rings. The first-order valence-electron chi connectivity index (χ1n) is 10.3. The molecule has 0 radical (unpaired) electrons. The highest BCUT2D eigenvalue weighted by Crippen LogP contribution is 2.32. The van der Waals surface area contributed by atoms with Crippen LogP contribution >= 0.6 is 0 Å². The van der Waals surface area contributed by atoms with E-state index in [1.807, 2.05) is 4.57 Å². The van der Waals surface area contributed by atoms with E-state index in [2.05, 4.69) is 9.88 Å². The van der Waals surface area contributed by atoms with E-state index in [9.17, 15) is 13.5 Å². The summed E-state index contributed by atoms with van der Waals surface area (Å²) in [6.45, 7) is 4.15. The summed E-state index contributed by atoms with van der Waals surface area (Å²) in [4.78, 5) is 6.70. The van der Waals surface area contributed by atoms with Crippen LogP contribution in [0.3, 0.4) is 0 Å². The minimum atomic E-state index is -3.36. The van der Waals surface area contributed by atoms with Crippen molar-refractivity contribution in [3.63, 3.8) is 0 Å². The van der Waals surface area contributed by atoms with Gasteiger partial charge in [-0.1, -0.05) is 0 Å². The summed E-state index contributed by atoms with van der Waals surface area (Å²) in [7, 11) is -3.36. The van der Waals surface area contributed by atoms with E-state index in [1.54, 1.807) is 6.20 Å². The van der Waals surface area contributed by atoms with E-state index in [0.717, 1.165) is 63.9 Å². The van der Waals surface area contributed by atoms with Crippen molar-refractivity contribution >= 4 is 9.84 Å². The Bertz CT molecular complexity index is 730. The van der Waals surface area contributed by atoms with Crippen molar-refractivity contribution < 1.29 is 18.3 Å². The maximum Gasteiger partial charge on any atom is 0.227 e. The third kappa shape index (κ3) is 4.72. The summed E-state index contributed by atoms with van der Waals surface area (Å²) in [5.74, 6) is 0.924. The van der Waals surface area contributed by atoms with E-state index in [-0.39, 0.29) is 23.6 Å². The molecule has 2 aliphatic heterocycles. The number of ether oxygens (including phenoxy) is 1. The molecule has 1 unspecified atom stereocenters. The second kappa shape index (κ2) is 8.19. The van der Waals surface area contributed by atoms with Gasteiger partial charge in [-0.05, 0) is 63.5 Å². The molecule has 3 heterocycles. The Morgan fingerprint density at radius 1 is 1.15 bits per heavy atom. The van der Waals surface area contributed by atoms with Gasteiger partial charge in [0.25, 0.3) is 0 Å². The van der Waals surface area contributed by atoms with Gasteiger partial charge in [0.2, 0.25) is 15.0 Å². The fraction of sp³-hybridized carbons (Fsp3) is 0.842. The minimum Gasteiger partial charge on any atom is -0.396 e. The molecule has 7 nitrogen and oxygen atoms in total. The summed E-state index contributed by atoms with van der Waals surface area (Å²) in [6, 6.07) is 0. The van der Waals surface area contributed by atoms with E-state index >= 15 is 0 Å². The molecule has 1 atom stereocenters. The largest absolute Gasteiger partial charge is 0.396 e. The van der Waals surface area contributed by atoms with E-state index in [1.165, 1.54) is 0 Å². The average molecular weight is 398 g/mol. The Labute approximate surface area is 161 Å². The topological polar surface area (TPSA) is 84.7 Å². The van der Waals surface area contributed by atoms with Crippen LogP contribution < -0.4 is 0 Å². The molecule has 2 saturated heterocycles. The van der Waals surface area contributed by atoms with Crippen LogP contribution in [0.4, 0.5) is 0 Å². The molecule has 1 saturated carbocycles. The molecular formula is C19H31N3O4S. The first kappa shape index (κ1) is 19.4. The van der Waals surface area contributed by atoms with Crippen LogP contribution in [0, 0.1) is 11.8 Å². The lowest BCUT2D eigenvalue weighted by Crippen LogP contribution is -2.35. The van der Waals surface area contributed by atoms with Gasteiger partial charge < -0.3 is 14.4 Å².